The van der Waals surface area contributed by atoms with Crippen LogP contribution in [0.5, 0.6) is 17.2 Å². The lowest BCUT2D eigenvalue weighted by Crippen LogP contribution is -2.28. The minimum absolute atomic E-state index is 0.323. The maximum Gasteiger partial charge on any atom is 0.298 e. The van der Waals surface area contributed by atoms with Gasteiger partial charge in [0.15, 0.2) is 11.5 Å². The molecule has 1 heterocycles. The van der Waals surface area contributed by atoms with E-state index >= 15 is 0 Å². The minimum atomic E-state index is -0.351. The van der Waals surface area contributed by atoms with Gasteiger partial charge < -0.3 is 14.2 Å². The maximum absolute atomic E-state index is 12.9. The zero-order chi connectivity index (χ0) is 20.4. The third kappa shape index (κ3) is 3.57. The minimum Gasteiger partial charge on any atom is -0.493 e. The second-order valence-corrected chi connectivity index (χ2v) is 7.26. The summed E-state index contributed by atoms with van der Waals surface area (Å²) in [5.41, 5.74) is 3.21. The molecule has 3 rings (SSSR count). The van der Waals surface area contributed by atoms with E-state index in [1.54, 1.807) is 24.3 Å². The summed E-state index contributed by atoms with van der Waals surface area (Å²) in [5, 5.41) is -0.323. The number of ether oxygens (including phenoxy) is 3. The summed E-state index contributed by atoms with van der Waals surface area (Å²) in [5.74, 6) is 1.06. The number of rotatable bonds is 5. The van der Waals surface area contributed by atoms with E-state index in [9.17, 15) is 9.59 Å². The molecule has 28 heavy (non-hydrogen) atoms. The van der Waals surface area contributed by atoms with E-state index < -0.39 is 0 Å². The summed E-state index contributed by atoms with van der Waals surface area (Å²) in [6, 6.07) is 9.08. The van der Waals surface area contributed by atoms with Gasteiger partial charge in [-0.05, 0) is 61.0 Å². The molecule has 0 saturated carbocycles. The molecule has 146 valence electrons. The average Bonchev–Trinajstić information content (AvgIpc) is 2.94. The van der Waals surface area contributed by atoms with Crippen LogP contribution in [0.15, 0.2) is 35.2 Å². The van der Waals surface area contributed by atoms with Crippen molar-refractivity contribution in [2.75, 3.05) is 26.2 Å². The second kappa shape index (κ2) is 7.98. The van der Waals surface area contributed by atoms with Crippen molar-refractivity contribution in [1.29, 1.82) is 0 Å². The van der Waals surface area contributed by atoms with Crippen LogP contribution in [0.25, 0.3) is 6.08 Å². The fourth-order valence-electron chi connectivity index (χ4n) is 3.07. The first kappa shape index (κ1) is 19.8. The topological polar surface area (TPSA) is 65.1 Å². The van der Waals surface area contributed by atoms with Crippen LogP contribution in [0.4, 0.5) is 10.5 Å². The summed E-state index contributed by atoms with van der Waals surface area (Å²) in [4.78, 5) is 27.0. The van der Waals surface area contributed by atoms with E-state index in [0.29, 0.717) is 33.4 Å². The zero-order valence-electron chi connectivity index (χ0n) is 16.4. The fourth-order valence-corrected chi connectivity index (χ4v) is 3.90. The van der Waals surface area contributed by atoms with Crippen molar-refractivity contribution in [3.8, 4) is 17.2 Å². The highest BCUT2D eigenvalue weighted by Crippen LogP contribution is 2.41. The number of aryl methyl sites for hydroxylation is 2. The average molecular weight is 399 g/mol. The smallest absolute Gasteiger partial charge is 0.298 e. The van der Waals surface area contributed by atoms with Gasteiger partial charge in [-0.1, -0.05) is 17.7 Å². The van der Waals surface area contributed by atoms with Gasteiger partial charge in [0.2, 0.25) is 5.75 Å². The SMILES string of the molecule is COc1cc(/C=C2\SC(=O)N(c3ccc(C)cc3C)C2=O)cc(OC)c1OC. The molecule has 0 N–H and O–H groups in total. The molecule has 2 aromatic carbocycles. The van der Waals surface area contributed by atoms with Crippen LogP contribution in [0.2, 0.25) is 0 Å². The van der Waals surface area contributed by atoms with Crippen LogP contribution in [0, 0.1) is 13.8 Å². The van der Waals surface area contributed by atoms with E-state index in [1.807, 2.05) is 26.0 Å². The van der Waals surface area contributed by atoms with Crippen molar-refractivity contribution >= 4 is 34.7 Å². The molecule has 2 amide bonds. The highest BCUT2D eigenvalue weighted by atomic mass is 32.2. The summed E-state index contributed by atoms with van der Waals surface area (Å²) in [6.07, 6.45) is 1.65. The number of imide groups is 1. The fraction of sp³-hybridized carbons (Fsp3) is 0.238. The van der Waals surface area contributed by atoms with Gasteiger partial charge in [0, 0.05) is 0 Å². The number of amides is 2. The molecule has 7 heteroatoms. The van der Waals surface area contributed by atoms with Gasteiger partial charge in [0.1, 0.15) is 0 Å². The Balaban J connectivity index is 2.00. The molecular weight excluding hydrogens is 378 g/mol. The Morgan fingerprint density at radius 1 is 0.929 bits per heavy atom. The standard InChI is InChI=1S/C21H21NO5S/c1-12-6-7-15(13(2)8-12)22-20(23)18(28-21(22)24)11-14-9-16(25-3)19(27-5)17(10-14)26-4/h6-11H,1-5H3/b18-11-. The van der Waals surface area contributed by atoms with Crippen LogP contribution < -0.4 is 19.1 Å². The highest BCUT2D eigenvalue weighted by molar-refractivity contribution is 8.19. The molecule has 0 radical (unpaired) electrons. The summed E-state index contributed by atoms with van der Waals surface area (Å²) in [6.45, 7) is 3.85. The van der Waals surface area contributed by atoms with Gasteiger partial charge in [0.05, 0.1) is 31.9 Å². The molecule has 0 atom stereocenters. The van der Waals surface area contributed by atoms with Crippen molar-refractivity contribution < 1.29 is 23.8 Å². The molecule has 2 aromatic rings. The van der Waals surface area contributed by atoms with Gasteiger partial charge in [-0.25, -0.2) is 4.90 Å². The molecule has 0 aliphatic carbocycles. The number of thioether (sulfide) groups is 1. The lowest BCUT2D eigenvalue weighted by atomic mass is 10.1. The first-order valence-corrected chi connectivity index (χ1v) is 9.36. The van der Waals surface area contributed by atoms with E-state index in [2.05, 4.69) is 0 Å². The summed E-state index contributed by atoms with van der Waals surface area (Å²) < 4.78 is 16.0. The Bertz CT molecular complexity index is 958. The second-order valence-electron chi connectivity index (χ2n) is 6.27. The van der Waals surface area contributed by atoms with E-state index in [4.69, 9.17) is 14.2 Å². The first-order chi connectivity index (χ1) is 13.4. The normalized spacial score (nSPS) is 15.3. The molecule has 0 bridgehead atoms. The highest BCUT2D eigenvalue weighted by Gasteiger charge is 2.37. The lowest BCUT2D eigenvalue weighted by Gasteiger charge is -2.15. The first-order valence-electron chi connectivity index (χ1n) is 8.54. The van der Waals surface area contributed by atoms with Crippen LogP contribution in [0.1, 0.15) is 16.7 Å². The van der Waals surface area contributed by atoms with Crippen molar-refractivity contribution in [3.63, 3.8) is 0 Å². The predicted octanol–water partition coefficient (Wildman–Crippen LogP) is 4.57. The van der Waals surface area contributed by atoms with Crippen LogP contribution >= 0.6 is 11.8 Å². The quantitative estimate of drug-likeness (QED) is 0.686. The van der Waals surface area contributed by atoms with Gasteiger partial charge in [-0.15, -0.1) is 0 Å². The van der Waals surface area contributed by atoms with Crippen LogP contribution in [-0.4, -0.2) is 32.5 Å². The number of anilines is 1. The van der Waals surface area contributed by atoms with Crippen LogP contribution in [0.3, 0.4) is 0 Å². The van der Waals surface area contributed by atoms with Gasteiger partial charge in [-0.2, -0.15) is 0 Å². The van der Waals surface area contributed by atoms with Gasteiger partial charge >= 0.3 is 0 Å². The molecule has 0 unspecified atom stereocenters. The van der Waals surface area contributed by atoms with E-state index in [1.165, 1.54) is 26.2 Å². The largest absolute Gasteiger partial charge is 0.493 e. The molecule has 1 saturated heterocycles. The Morgan fingerprint density at radius 3 is 2.11 bits per heavy atom. The Labute approximate surface area is 168 Å². The lowest BCUT2D eigenvalue weighted by molar-refractivity contribution is -0.113. The number of hydrogen-bond acceptors (Lipinski definition) is 6. The monoisotopic (exact) mass is 399 g/mol. The van der Waals surface area contributed by atoms with E-state index in [-0.39, 0.29) is 11.1 Å². The van der Waals surface area contributed by atoms with Gasteiger partial charge in [-0.3, -0.25) is 9.59 Å². The van der Waals surface area contributed by atoms with E-state index in [0.717, 1.165) is 22.9 Å². The molecule has 6 nitrogen and oxygen atoms in total. The number of hydrogen-bond donors (Lipinski definition) is 0. The molecule has 1 fully saturated rings. The molecule has 0 spiro atoms. The number of nitrogens with zero attached hydrogens (tertiary/aromatic N) is 1. The summed E-state index contributed by atoms with van der Waals surface area (Å²) in [7, 11) is 4.57. The van der Waals surface area contributed by atoms with Gasteiger partial charge in [0.25, 0.3) is 11.1 Å². The molecule has 1 aliphatic rings. The molecule has 0 aromatic heterocycles. The number of benzene rings is 2. The summed E-state index contributed by atoms with van der Waals surface area (Å²) >= 11 is 0.907. The van der Waals surface area contributed by atoms with Crippen molar-refractivity contribution in [2.24, 2.45) is 0 Å². The third-order valence-electron chi connectivity index (χ3n) is 4.37. The van der Waals surface area contributed by atoms with Crippen molar-refractivity contribution in [3.05, 3.63) is 51.9 Å². The van der Waals surface area contributed by atoms with Crippen LogP contribution in [-0.2, 0) is 4.79 Å². The maximum atomic E-state index is 12.9. The Morgan fingerprint density at radius 2 is 1.57 bits per heavy atom. The number of carbonyl (C=O) groups is 2. The molecular formula is C21H21NO5S. The number of carbonyl (C=O) groups excluding carboxylic acids is 2. The zero-order valence-corrected chi connectivity index (χ0v) is 17.2. The molecule has 1 aliphatic heterocycles. The predicted molar refractivity (Wildman–Crippen MR) is 110 cm³/mol. The third-order valence-corrected chi connectivity index (χ3v) is 5.24. The Kier molecular flexibility index (Phi) is 5.65. The van der Waals surface area contributed by atoms with Crippen molar-refractivity contribution in [1.82, 2.24) is 0 Å². The number of methoxy groups -OCH3 is 3. The Hall–Kier alpha value is -2.93. The van der Waals surface area contributed by atoms with Crippen molar-refractivity contribution in [2.45, 2.75) is 13.8 Å².